The summed E-state index contributed by atoms with van der Waals surface area (Å²) in [4.78, 5) is 33.2. The lowest BCUT2D eigenvalue weighted by atomic mass is 9.99. The highest BCUT2D eigenvalue weighted by atomic mass is 16.5. The van der Waals surface area contributed by atoms with Gasteiger partial charge >= 0.3 is 11.9 Å². The van der Waals surface area contributed by atoms with Gasteiger partial charge in [0.05, 0.1) is 12.3 Å². The monoisotopic (exact) mass is 279 g/mol. The molecule has 0 spiro atoms. The van der Waals surface area contributed by atoms with Crippen LogP contribution in [-0.4, -0.2) is 23.0 Å². The molecule has 0 saturated carbocycles. The number of aliphatic carboxylic acids is 1. The van der Waals surface area contributed by atoms with Crippen LogP contribution in [0.3, 0.4) is 0 Å². The molecule has 1 rings (SSSR count). The molecule has 1 aromatic rings. The lowest BCUT2D eigenvalue weighted by molar-refractivity contribution is -0.152. The molecule has 0 heterocycles. The zero-order valence-corrected chi connectivity index (χ0v) is 11.0. The summed E-state index contributed by atoms with van der Waals surface area (Å²) in [6.07, 6.45) is -0.302. The van der Waals surface area contributed by atoms with E-state index in [2.05, 4.69) is 0 Å². The number of hydrogen-bond donors (Lipinski definition) is 2. The molecule has 0 bridgehead atoms. The van der Waals surface area contributed by atoms with Gasteiger partial charge in [0.1, 0.15) is 6.61 Å². The highest BCUT2D eigenvalue weighted by molar-refractivity contribution is 5.80. The average molecular weight is 279 g/mol. The van der Waals surface area contributed by atoms with Crippen molar-refractivity contribution in [3.63, 3.8) is 0 Å². The van der Waals surface area contributed by atoms with Crippen molar-refractivity contribution >= 4 is 17.8 Å². The summed E-state index contributed by atoms with van der Waals surface area (Å²) in [6.45, 7) is 0.0990. The third-order valence-corrected chi connectivity index (χ3v) is 2.74. The molecule has 1 amide bonds. The lowest BCUT2D eigenvalue weighted by Gasteiger charge is -2.11. The normalized spacial score (nSPS) is 11.6. The third kappa shape index (κ3) is 5.99. The number of nitrogens with two attached hydrogens (primary N) is 1. The Balaban J connectivity index is 2.41. The Labute approximate surface area is 116 Å². The Hall–Kier alpha value is -2.37. The van der Waals surface area contributed by atoms with Crippen molar-refractivity contribution in [2.24, 2.45) is 11.7 Å². The van der Waals surface area contributed by atoms with Crippen LogP contribution >= 0.6 is 0 Å². The van der Waals surface area contributed by atoms with Crippen LogP contribution in [-0.2, 0) is 25.7 Å². The molecular weight excluding hydrogens is 262 g/mol. The average Bonchev–Trinajstić information content (AvgIpc) is 2.41. The summed E-state index contributed by atoms with van der Waals surface area (Å²) in [5, 5.41) is 8.96. The number of hydrogen-bond acceptors (Lipinski definition) is 4. The Morgan fingerprint density at radius 1 is 1.20 bits per heavy atom. The Morgan fingerprint density at radius 2 is 1.85 bits per heavy atom. The molecule has 0 aromatic heterocycles. The van der Waals surface area contributed by atoms with E-state index in [0.717, 1.165) is 5.56 Å². The maximum absolute atomic E-state index is 11.6. The van der Waals surface area contributed by atoms with Crippen LogP contribution in [0.15, 0.2) is 30.3 Å². The highest BCUT2D eigenvalue weighted by Crippen LogP contribution is 2.13. The maximum Gasteiger partial charge on any atom is 0.307 e. The first-order valence-corrected chi connectivity index (χ1v) is 6.19. The number of carboxylic acid groups (broad SMARTS) is 1. The number of carboxylic acids is 1. The second-order valence-corrected chi connectivity index (χ2v) is 4.39. The van der Waals surface area contributed by atoms with E-state index in [1.165, 1.54) is 0 Å². The van der Waals surface area contributed by atoms with E-state index in [0.29, 0.717) is 0 Å². The van der Waals surface area contributed by atoms with E-state index in [1.54, 1.807) is 12.1 Å². The van der Waals surface area contributed by atoms with Gasteiger partial charge < -0.3 is 15.6 Å². The van der Waals surface area contributed by atoms with Crippen LogP contribution in [0.4, 0.5) is 0 Å². The van der Waals surface area contributed by atoms with Gasteiger partial charge in [0, 0.05) is 6.42 Å². The largest absolute Gasteiger partial charge is 0.481 e. The fourth-order valence-electron chi connectivity index (χ4n) is 1.63. The Kier molecular flexibility index (Phi) is 6.22. The molecule has 0 aliphatic carbocycles. The number of amides is 1. The molecule has 0 fully saturated rings. The van der Waals surface area contributed by atoms with Crippen LogP contribution in [0, 0.1) is 5.92 Å². The van der Waals surface area contributed by atoms with Gasteiger partial charge in [0.25, 0.3) is 0 Å². The molecule has 20 heavy (non-hydrogen) atoms. The molecule has 6 heteroatoms. The fourth-order valence-corrected chi connectivity index (χ4v) is 1.63. The van der Waals surface area contributed by atoms with Crippen molar-refractivity contribution < 1.29 is 24.2 Å². The maximum atomic E-state index is 11.6. The summed E-state index contributed by atoms with van der Waals surface area (Å²) in [6, 6.07) is 9.08. The van der Waals surface area contributed by atoms with Crippen LogP contribution in [0.2, 0.25) is 0 Å². The van der Waals surface area contributed by atoms with Gasteiger partial charge in [-0.1, -0.05) is 30.3 Å². The minimum absolute atomic E-state index is 0.0328. The molecule has 0 radical (unpaired) electrons. The van der Waals surface area contributed by atoms with E-state index in [4.69, 9.17) is 15.6 Å². The number of rotatable bonds is 8. The summed E-state index contributed by atoms with van der Waals surface area (Å²) in [5.74, 6) is -3.28. The summed E-state index contributed by atoms with van der Waals surface area (Å²) < 4.78 is 5.00. The highest BCUT2D eigenvalue weighted by Gasteiger charge is 2.22. The minimum atomic E-state index is -1.14. The Bertz CT molecular complexity index is 472. The molecule has 3 N–H and O–H groups in total. The first-order chi connectivity index (χ1) is 9.49. The molecule has 6 nitrogen and oxygen atoms in total. The topological polar surface area (TPSA) is 107 Å². The van der Waals surface area contributed by atoms with Gasteiger partial charge in [-0.05, 0) is 12.0 Å². The second-order valence-electron chi connectivity index (χ2n) is 4.39. The predicted molar refractivity (Wildman–Crippen MR) is 70.4 cm³/mol. The number of benzene rings is 1. The smallest absolute Gasteiger partial charge is 0.307 e. The number of primary amides is 1. The van der Waals surface area contributed by atoms with Gasteiger partial charge in [-0.3, -0.25) is 14.4 Å². The standard InChI is InChI=1S/C14H17NO5/c15-12(16)7-6-11(14(18)19)8-13(17)20-9-10-4-2-1-3-5-10/h1-5,11H,6-9H2,(H2,15,16)(H,18,19)/t11-/m1/s1. The van der Waals surface area contributed by atoms with Crippen molar-refractivity contribution in [2.75, 3.05) is 0 Å². The Morgan fingerprint density at radius 3 is 2.40 bits per heavy atom. The van der Waals surface area contributed by atoms with Gasteiger partial charge in [-0.15, -0.1) is 0 Å². The van der Waals surface area contributed by atoms with Gasteiger partial charge in [-0.25, -0.2) is 0 Å². The third-order valence-electron chi connectivity index (χ3n) is 2.74. The van der Waals surface area contributed by atoms with Gasteiger partial charge in [-0.2, -0.15) is 0 Å². The number of carbonyl (C=O) groups is 3. The van der Waals surface area contributed by atoms with E-state index in [-0.39, 0.29) is 25.9 Å². The summed E-state index contributed by atoms with van der Waals surface area (Å²) in [7, 11) is 0. The van der Waals surface area contributed by atoms with E-state index in [9.17, 15) is 14.4 Å². The van der Waals surface area contributed by atoms with Crippen molar-refractivity contribution in [3.05, 3.63) is 35.9 Å². The molecule has 1 aromatic carbocycles. The summed E-state index contributed by atoms with van der Waals surface area (Å²) >= 11 is 0. The van der Waals surface area contributed by atoms with Crippen LogP contribution in [0.5, 0.6) is 0 Å². The van der Waals surface area contributed by atoms with E-state index < -0.39 is 23.8 Å². The number of carbonyl (C=O) groups excluding carboxylic acids is 2. The van der Waals surface area contributed by atoms with Crippen molar-refractivity contribution in [2.45, 2.75) is 25.9 Å². The van der Waals surface area contributed by atoms with Gasteiger partial charge in [0.2, 0.25) is 5.91 Å². The quantitative estimate of drug-likeness (QED) is 0.692. The molecule has 1 atom stereocenters. The zero-order valence-electron chi connectivity index (χ0n) is 11.0. The molecule has 0 unspecified atom stereocenters. The van der Waals surface area contributed by atoms with Crippen molar-refractivity contribution in [3.8, 4) is 0 Å². The van der Waals surface area contributed by atoms with E-state index in [1.807, 2.05) is 18.2 Å². The minimum Gasteiger partial charge on any atom is -0.481 e. The molecule has 0 saturated heterocycles. The van der Waals surface area contributed by atoms with Crippen LogP contribution in [0.25, 0.3) is 0 Å². The molecular formula is C14H17NO5. The number of esters is 1. The first kappa shape index (κ1) is 15.7. The van der Waals surface area contributed by atoms with Crippen LogP contribution < -0.4 is 5.73 Å². The zero-order chi connectivity index (χ0) is 15.0. The SMILES string of the molecule is NC(=O)CC[C@H](CC(=O)OCc1ccccc1)C(=O)O. The molecule has 108 valence electrons. The first-order valence-electron chi connectivity index (χ1n) is 6.19. The molecule has 0 aliphatic heterocycles. The van der Waals surface area contributed by atoms with Crippen LogP contribution in [0.1, 0.15) is 24.8 Å². The van der Waals surface area contributed by atoms with Gasteiger partial charge in [0.15, 0.2) is 0 Å². The molecule has 0 aliphatic rings. The lowest BCUT2D eigenvalue weighted by Crippen LogP contribution is -2.22. The predicted octanol–water partition coefficient (Wildman–Crippen LogP) is 1.09. The number of ether oxygens (including phenoxy) is 1. The van der Waals surface area contributed by atoms with E-state index >= 15 is 0 Å². The fraction of sp³-hybridized carbons (Fsp3) is 0.357. The second kappa shape index (κ2) is 7.93. The summed E-state index contributed by atoms with van der Waals surface area (Å²) in [5.41, 5.74) is 5.78. The van der Waals surface area contributed by atoms with Crippen molar-refractivity contribution in [1.29, 1.82) is 0 Å². The van der Waals surface area contributed by atoms with Crippen molar-refractivity contribution in [1.82, 2.24) is 0 Å².